The largest absolute Gasteiger partial charge is 0.377 e. The zero-order valence-corrected chi connectivity index (χ0v) is 12.0. The van der Waals surface area contributed by atoms with Gasteiger partial charge < -0.3 is 9.64 Å². The number of ether oxygens (including phenoxy) is 1. The van der Waals surface area contributed by atoms with Gasteiger partial charge in [-0.15, -0.1) is 0 Å². The highest BCUT2D eigenvalue weighted by molar-refractivity contribution is 5.43. The van der Waals surface area contributed by atoms with E-state index >= 15 is 0 Å². The monoisotopic (exact) mass is 292 g/mol. The lowest BCUT2D eigenvalue weighted by Gasteiger charge is -2.35. The maximum atomic E-state index is 14.5. The van der Waals surface area contributed by atoms with Crippen molar-refractivity contribution in [3.63, 3.8) is 0 Å². The Labute approximate surface area is 121 Å². The third kappa shape index (κ3) is 2.46. The summed E-state index contributed by atoms with van der Waals surface area (Å²) in [7, 11) is 1.81. The van der Waals surface area contributed by atoms with Crippen LogP contribution in [0.25, 0.3) is 0 Å². The van der Waals surface area contributed by atoms with E-state index in [9.17, 15) is 4.39 Å². The minimum atomic E-state index is -0.367. The predicted molar refractivity (Wildman–Crippen MR) is 73.3 cm³/mol. The number of morpholine rings is 1. The summed E-state index contributed by atoms with van der Waals surface area (Å²) in [5.41, 5.74) is 0.420. The fourth-order valence-corrected chi connectivity index (χ4v) is 2.52. The van der Waals surface area contributed by atoms with Crippen LogP contribution in [0.1, 0.15) is 24.5 Å². The van der Waals surface area contributed by atoms with E-state index < -0.39 is 0 Å². The third-order valence-corrected chi connectivity index (χ3v) is 3.62. The summed E-state index contributed by atoms with van der Waals surface area (Å²) in [5, 5.41) is 4.07. The van der Waals surface area contributed by atoms with E-state index in [1.807, 2.05) is 18.9 Å². The maximum absolute atomic E-state index is 14.5. The van der Waals surface area contributed by atoms with Gasteiger partial charge in [-0.2, -0.15) is 5.10 Å². The summed E-state index contributed by atoms with van der Waals surface area (Å²) in [5.74, 6) is 0.665. The minimum absolute atomic E-state index is 0.208. The number of hydrogen-bond donors (Lipinski definition) is 0. The second kappa shape index (κ2) is 5.72. The highest BCUT2D eigenvalue weighted by Gasteiger charge is 2.31. The van der Waals surface area contributed by atoms with E-state index in [1.54, 1.807) is 4.68 Å². The number of anilines is 1. The number of hydrogen-bond acceptors (Lipinski definition) is 6. The molecule has 3 rings (SSSR count). The average Bonchev–Trinajstić information content (AvgIpc) is 2.93. The van der Waals surface area contributed by atoms with Crippen molar-refractivity contribution in [3.8, 4) is 0 Å². The lowest BCUT2D eigenvalue weighted by Crippen LogP contribution is -2.42. The summed E-state index contributed by atoms with van der Waals surface area (Å²) >= 11 is 0. The molecular weight excluding hydrogens is 275 g/mol. The molecule has 0 aliphatic carbocycles. The van der Waals surface area contributed by atoms with Crippen molar-refractivity contribution in [3.05, 3.63) is 30.0 Å². The highest BCUT2D eigenvalue weighted by atomic mass is 19.1. The first-order valence-corrected chi connectivity index (χ1v) is 6.90. The van der Waals surface area contributed by atoms with Gasteiger partial charge in [-0.1, -0.05) is 6.92 Å². The number of rotatable bonds is 3. The summed E-state index contributed by atoms with van der Waals surface area (Å²) < 4.78 is 21.7. The molecule has 0 unspecified atom stereocenters. The van der Waals surface area contributed by atoms with Crippen molar-refractivity contribution in [1.29, 1.82) is 0 Å². The van der Waals surface area contributed by atoms with Gasteiger partial charge >= 0.3 is 0 Å². The van der Waals surface area contributed by atoms with Crippen LogP contribution >= 0.6 is 0 Å². The van der Waals surface area contributed by atoms with E-state index in [2.05, 4.69) is 20.1 Å². The lowest BCUT2D eigenvalue weighted by atomic mass is 10.2. The van der Waals surface area contributed by atoms with Crippen LogP contribution in [0, 0.1) is 5.82 Å². The molecule has 8 heteroatoms. The predicted octanol–water partition coefficient (Wildman–Crippen LogP) is 0.884. The van der Waals surface area contributed by atoms with Gasteiger partial charge in [0.25, 0.3) is 0 Å². The van der Waals surface area contributed by atoms with Gasteiger partial charge in [-0.25, -0.2) is 19.3 Å². The Balaban J connectivity index is 2.01. The Morgan fingerprint density at radius 2 is 2.19 bits per heavy atom. The smallest absolute Gasteiger partial charge is 0.187 e. The Hall–Kier alpha value is -2.09. The fourth-order valence-electron chi connectivity index (χ4n) is 2.52. The molecule has 1 aliphatic heterocycles. The first-order valence-electron chi connectivity index (χ1n) is 6.90. The second-order valence-corrected chi connectivity index (χ2v) is 4.84. The topological polar surface area (TPSA) is 69.0 Å². The average molecular weight is 292 g/mol. The van der Waals surface area contributed by atoms with Crippen LogP contribution in [0.4, 0.5) is 10.2 Å². The fraction of sp³-hybridized carbons (Fsp3) is 0.538. The molecule has 1 atom stereocenters. The number of nitrogens with zero attached hydrogens (tertiary/aromatic N) is 6. The molecule has 0 amide bonds. The summed E-state index contributed by atoms with van der Waals surface area (Å²) in [6, 6.07) is -0.208. The van der Waals surface area contributed by atoms with Gasteiger partial charge in [0.1, 0.15) is 18.7 Å². The molecule has 1 saturated heterocycles. The molecule has 21 heavy (non-hydrogen) atoms. The van der Waals surface area contributed by atoms with Crippen LogP contribution < -0.4 is 4.90 Å². The SMILES string of the molecule is CCc1ncnc(N2CCOC[C@@H]2c2ncnn2C)c1F. The molecule has 0 radical (unpaired) electrons. The van der Waals surface area contributed by atoms with E-state index in [0.29, 0.717) is 37.7 Å². The van der Waals surface area contributed by atoms with Crippen LogP contribution in [0.5, 0.6) is 0 Å². The van der Waals surface area contributed by atoms with E-state index in [-0.39, 0.29) is 11.9 Å². The van der Waals surface area contributed by atoms with E-state index in [1.165, 1.54) is 12.7 Å². The Morgan fingerprint density at radius 1 is 1.33 bits per heavy atom. The molecule has 0 aromatic carbocycles. The molecule has 1 fully saturated rings. The van der Waals surface area contributed by atoms with Gasteiger partial charge in [0.05, 0.1) is 18.9 Å². The molecular formula is C13H17FN6O. The Morgan fingerprint density at radius 3 is 2.90 bits per heavy atom. The third-order valence-electron chi connectivity index (χ3n) is 3.62. The molecule has 0 N–H and O–H groups in total. The number of aryl methyl sites for hydroxylation is 2. The van der Waals surface area contributed by atoms with Crippen LogP contribution in [0.15, 0.2) is 12.7 Å². The van der Waals surface area contributed by atoms with Crippen molar-refractivity contribution < 1.29 is 9.13 Å². The van der Waals surface area contributed by atoms with Crippen molar-refractivity contribution >= 4 is 5.82 Å². The van der Waals surface area contributed by atoms with Gasteiger partial charge in [-0.3, -0.25) is 4.68 Å². The Bertz CT molecular complexity index is 631. The lowest BCUT2D eigenvalue weighted by molar-refractivity contribution is 0.0897. The summed E-state index contributed by atoms with van der Waals surface area (Å²) in [6.07, 6.45) is 3.41. The van der Waals surface area contributed by atoms with Gasteiger partial charge in [-0.05, 0) is 6.42 Å². The second-order valence-electron chi connectivity index (χ2n) is 4.84. The first kappa shape index (κ1) is 13.9. The normalized spacial score (nSPS) is 19.0. The van der Waals surface area contributed by atoms with E-state index in [4.69, 9.17) is 4.74 Å². The van der Waals surface area contributed by atoms with Crippen LogP contribution in [0.2, 0.25) is 0 Å². The van der Waals surface area contributed by atoms with Crippen molar-refractivity contribution in [2.75, 3.05) is 24.7 Å². The van der Waals surface area contributed by atoms with Gasteiger partial charge in [0.2, 0.25) is 0 Å². The first-order chi connectivity index (χ1) is 10.2. The molecule has 112 valence electrons. The molecule has 2 aromatic heterocycles. The molecule has 2 aromatic rings. The number of aromatic nitrogens is 5. The van der Waals surface area contributed by atoms with E-state index in [0.717, 1.165) is 5.82 Å². The standard InChI is InChI=1S/C13H17FN6O/c1-3-9-11(14)13(16-7-15-9)20-4-5-21-6-10(20)12-17-8-18-19(12)2/h7-8,10H,3-6H2,1-2H3/t10-/m1/s1. The molecule has 3 heterocycles. The van der Waals surface area contributed by atoms with Crippen molar-refractivity contribution in [1.82, 2.24) is 24.7 Å². The van der Waals surface area contributed by atoms with Gasteiger partial charge in [0.15, 0.2) is 17.5 Å². The van der Waals surface area contributed by atoms with Crippen LogP contribution in [-0.2, 0) is 18.2 Å². The zero-order chi connectivity index (χ0) is 14.8. The molecule has 0 bridgehead atoms. The van der Waals surface area contributed by atoms with Crippen molar-refractivity contribution in [2.24, 2.45) is 7.05 Å². The minimum Gasteiger partial charge on any atom is -0.377 e. The molecule has 7 nitrogen and oxygen atoms in total. The Kier molecular flexibility index (Phi) is 3.78. The van der Waals surface area contributed by atoms with Gasteiger partial charge in [0, 0.05) is 13.6 Å². The molecule has 0 spiro atoms. The maximum Gasteiger partial charge on any atom is 0.187 e. The number of halogens is 1. The highest BCUT2D eigenvalue weighted by Crippen LogP contribution is 2.29. The zero-order valence-electron chi connectivity index (χ0n) is 12.0. The summed E-state index contributed by atoms with van der Waals surface area (Å²) in [6.45, 7) is 3.37. The summed E-state index contributed by atoms with van der Waals surface area (Å²) in [4.78, 5) is 14.2. The molecule has 0 saturated carbocycles. The quantitative estimate of drug-likeness (QED) is 0.836. The van der Waals surface area contributed by atoms with Crippen LogP contribution in [-0.4, -0.2) is 44.5 Å². The molecule has 1 aliphatic rings. The van der Waals surface area contributed by atoms with Crippen molar-refractivity contribution in [2.45, 2.75) is 19.4 Å². The van der Waals surface area contributed by atoms with Crippen LogP contribution in [0.3, 0.4) is 0 Å².